The van der Waals surface area contributed by atoms with Gasteiger partial charge in [0.2, 0.25) is 0 Å². The zero-order valence-electron chi connectivity index (χ0n) is 6.87. The van der Waals surface area contributed by atoms with Gasteiger partial charge in [0.05, 0.1) is 0 Å². The minimum atomic E-state index is 1.29. The lowest BCUT2D eigenvalue weighted by molar-refractivity contribution is 1.81. The predicted molar refractivity (Wildman–Crippen MR) is 57.8 cm³/mol. The molecule has 13 heavy (non-hydrogen) atoms. The molecular weight excluding hydrogens is 176 g/mol. The van der Waals surface area contributed by atoms with Crippen LogP contribution in [0.5, 0.6) is 0 Å². The first-order valence-electron chi connectivity index (χ1n) is 4.14. The van der Waals surface area contributed by atoms with E-state index < -0.39 is 0 Å². The van der Waals surface area contributed by atoms with E-state index in [0.717, 1.165) is 0 Å². The third kappa shape index (κ3) is 0.929. The van der Waals surface area contributed by atoms with Crippen LogP contribution in [0.25, 0.3) is 22.2 Å². The lowest BCUT2D eigenvalue weighted by atomic mass is 10.1. The molecule has 1 aliphatic carbocycles. The quantitative estimate of drug-likeness (QED) is 0.465. The summed E-state index contributed by atoms with van der Waals surface area (Å²) in [5.74, 6) is 0. The second-order valence-corrected chi connectivity index (χ2v) is 4.04. The number of hydrogen-bond acceptors (Lipinski definition) is 1. The zero-order chi connectivity index (χ0) is 8.67. The Morgan fingerprint density at radius 3 is 2.85 bits per heavy atom. The number of hydrogen-bond donors (Lipinski definition) is 0. The SMILES string of the molecule is C1=C=Cc2c(sc3ccccc23)C=1. The lowest BCUT2D eigenvalue weighted by Crippen LogP contribution is -1.72. The smallest absolute Gasteiger partial charge is 0.0445 e. The van der Waals surface area contributed by atoms with Crippen LogP contribution in [0, 0.1) is 0 Å². The van der Waals surface area contributed by atoms with Gasteiger partial charge in [-0.25, -0.2) is 0 Å². The van der Waals surface area contributed by atoms with E-state index in [-0.39, 0.29) is 0 Å². The average Bonchev–Trinajstić information content (AvgIpc) is 2.56. The Morgan fingerprint density at radius 2 is 1.85 bits per heavy atom. The average molecular weight is 182 g/mol. The molecule has 1 heteroatoms. The highest BCUT2D eigenvalue weighted by atomic mass is 32.1. The summed E-state index contributed by atoms with van der Waals surface area (Å²) in [5, 5.41) is 1.33. The van der Waals surface area contributed by atoms with Gasteiger partial charge in [0, 0.05) is 26.6 Å². The van der Waals surface area contributed by atoms with E-state index in [4.69, 9.17) is 0 Å². The van der Waals surface area contributed by atoms with Crippen molar-refractivity contribution in [3.05, 3.63) is 46.2 Å². The van der Waals surface area contributed by atoms with Crippen LogP contribution in [0.4, 0.5) is 0 Å². The monoisotopic (exact) mass is 182 g/mol. The molecule has 0 aliphatic heterocycles. The molecular formula is C12H6S. The molecule has 3 rings (SSSR count). The zero-order valence-corrected chi connectivity index (χ0v) is 7.69. The van der Waals surface area contributed by atoms with E-state index in [0.29, 0.717) is 0 Å². The van der Waals surface area contributed by atoms with Crippen LogP contribution in [-0.2, 0) is 0 Å². The predicted octanol–water partition coefficient (Wildman–Crippen LogP) is 3.70. The van der Waals surface area contributed by atoms with Gasteiger partial charge in [-0.1, -0.05) is 29.7 Å². The topological polar surface area (TPSA) is 0 Å². The molecule has 0 nitrogen and oxygen atoms in total. The normalized spacial score (nSPS) is 12.3. The summed E-state index contributed by atoms with van der Waals surface area (Å²) in [7, 11) is 0. The standard InChI is InChI=1S/C12H6S/c1-3-7-11-9(5-1)10-6-2-4-8-12(10)13-11/h1,3,5-8H. The molecule has 1 aromatic carbocycles. The van der Waals surface area contributed by atoms with Crippen molar-refractivity contribution in [2.45, 2.75) is 0 Å². The molecule has 0 spiro atoms. The second kappa shape index (κ2) is 2.48. The van der Waals surface area contributed by atoms with Gasteiger partial charge in [0.25, 0.3) is 0 Å². The van der Waals surface area contributed by atoms with Gasteiger partial charge in [-0.15, -0.1) is 11.3 Å². The van der Waals surface area contributed by atoms with E-state index in [9.17, 15) is 0 Å². The van der Waals surface area contributed by atoms with E-state index in [1.54, 1.807) is 0 Å². The van der Waals surface area contributed by atoms with Crippen molar-refractivity contribution >= 4 is 33.6 Å². The van der Waals surface area contributed by atoms with Gasteiger partial charge >= 0.3 is 0 Å². The number of thiophene rings is 1. The van der Waals surface area contributed by atoms with E-state index >= 15 is 0 Å². The van der Waals surface area contributed by atoms with Gasteiger partial charge in [-0.05, 0) is 12.1 Å². The molecule has 0 saturated carbocycles. The minimum absolute atomic E-state index is 1.29. The first-order chi connectivity index (χ1) is 6.45. The van der Waals surface area contributed by atoms with E-state index in [2.05, 4.69) is 35.7 Å². The molecule has 0 fully saturated rings. The molecule has 2 aromatic rings. The van der Waals surface area contributed by atoms with Crippen molar-refractivity contribution < 1.29 is 0 Å². The number of rotatable bonds is 0. The Kier molecular flexibility index (Phi) is 1.32. The van der Waals surface area contributed by atoms with Gasteiger partial charge in [-0.3, -0.25) is 0 Å². The van der Waals surface area contributed by atoms with Crippen LogP contribution in [0.3, 0.4) is 0 Å². The maximum Gasteiger partial charge on any atom is 0.0445 e. The van der Waals surface area contributed by atoms with Crippen molar-refractivity contribution in [3.63, 3.8) is 0 Å². The van der Waals surface area contributed by atoms with Crippen LogP contribution < -0.4 is 0 Å². The highest BCUT2D eigenvalue weighted by molar-refractivity contribution is 7.20. The second-order valence-electron chi connectivity index (χ2n) is 2.95. The number of benzene rings is 1. The van der Waals surface area contributed by atoms with Crippen LogP contribution in [0.1, 0.15) is 10.4 Å². The fraction of sp³-hybridized carbons (Fsp3) is 0. The van der Waals surface area contributed by atoms with Crippen molar-refractivity contribution in [1.82, 2.24) is 0 Å². The largest absolute Gasteiger partial charge is 0.134 e. The van der Waals surface area contributed by atoms with Gasteiger partial charge in [-0.2, -0.15) is 0 Å². The highest BCUT2D eigenvalue weighted by Crippen LogP contribution is 2.33. The highest BCUT2D eigenvalue weighted by Gasteiger charge is 2.07. The summed E-state index contributed by atoms with van der Waals surface area (Å²) in [5.41, 5.74) is 7.27. The Hall–Kier alpha value is -1.52. The molecule has 0 unspecified atom stereocenters. The summed E-state index contributed by atoms with van der Waals surface area (Å²) < 4.78 is 1.34. The van der Waals surface area contributed by atoms with Gasteiger partial charge < -0.3 is 0 Å². The van der Waals surface area contributed by atoms with Crippen LogP contribution in [0.2, 0.25) is 0 Å². The molecule has 1 aromatic heterocycles. The molecule has 0 amide bonds. The summed E-state index contributed by atoms with van der Waals surface area (Å²) in [6, 6.07) is 8.46. The summed E-state index contributed by atoms with van der Waals surface area (Å²) in [4.78, 5) is 1.29. The molecule has 0 atom stereocenters. The van der Waals surface area contributed by atoms with Crippen LogP contribution in [0.15, 0.2) is 35.7 Å². The Labute approximate surface area is 80.1 Å². The molecule has 1 heterocycles. The molecule has 0 radical (unpaired) electrons. The van der Waals surface area contributed by atoms with Crippen molar-refractivity contribution in [3.8, 4) is 0 Å². The Bertz CT molecular complexity index is 574. The summed E-state index contributed by atoms with van der Waals surface area (Å²) >= 11 is 1.81. The maximum atomic E-state index is 3.00. The fourth-order valence-corrected chi connectivity index (χ4v) is 2.63. The Morgan fingerprint density at radius 1 is 1.00 bits per heavy atom. The molecule has 0 saturated heterocycles. The van der Waals surface area contributed by atoms with E-state index in [1.807, 2.05) is 23.5 Å². The Balaban J connectivity index is 2.53. The molecule has 60 valence electrons. The van der Waals surface area contributed by atoms with E-state index in [1.165, 1.54) is 20.5 Å². The third-order valence-corrected chi connectivity index (χ3v) is 3.30. The van der Waals surface area contributed by atoms with Crippen molar-refractivity contribution in [2.75, 3.05) is 0 Å². The van der Waals surface area contributed by atoms with Crippen molar-refractivity contribution in [2.24, 2.45) is 0 Å². The summed E-state index contributed by atoms with van der Waals surface area (Å²) in [6.07, 6.45) is 4.01. The summed E-state index contributed by atoms with van der Waals surface area (Å²) in [6.45, 7) is 0. The first kappa shape index (κ1) is 6.94. The van der Waals surface area contributed by atoms with Crippen molar-refractivity contribution in [1.29, 1.82) is 0 Å². The fourth-order valence-electron chi connectivity index (χ4n) is 1.56. The first-order valence-corrected chi connectivity index (χ1v) is 4.96. The minimum Gasteiger partial charge on any atom is -0.134 e. The van der Waals surface area contributed by atoms with Crippen LogP contribution >= 0.6 is 11.3 Å². The molecule has 1 aliphatic rings. The lowest BCUT2D eigenvalue weighted by Gasteiger charge is -1.92. The van der Waals surface area contributed by atoms with Gasteiger partial charge in [0.15, 0.2) is 0 Å². The third-order valence-electron chi connectivity index (χ3n) is 2.17. The van der Waals surface area contributed by atoms with Gasteiger partial charge in [0.1, 0.15) is 0 Å². The molecule has 0 bridgehead atoms. The molecule has 0 N–H and O–H groups in total. The number of fused-ring (bicyclic) bond motifs is 3. The maximum absolute atomic E-state index is 3.00. The van der Waals surface area contributed by atoms with Crippen LogP contribution in [-0.4, -0.2) is 0 Å².